The minimum Gasteiger partial charge on any atom is -0.370 e. The molecule has 4 aromatic rings. The van der Waals surface area contributed by atoms with E-state index in [1.54, 1.807) is 6.07 Å². The Morgan fingerprint density at radius 2 is 2.04 bits per heavy atom. The van der Waals surface area contributed by atoms with Gasteiger partial charge in [-0.3, -0.25) is 5.10 Å². The number of hydrogen-bond acceptors (Lipinski definition) is 4. The molecule has 1 saturated heterocycles. The third kappa shape index (κ3) is 2.75. The molecule has 1 unspecified atom stereocenters. The molecule has 138 valence electrons. The summed E-state index contributed by atoms with van der Waals surface area (Å²) in [7, 11) is 4.27. The molecule has 0 saturated carbocycles. The molecule has 0 aliphatic carbocycles. The molecule has 7 heteroatoms. The van der Waals surface area contributed by atoms with E-state index in [1.807, 2.05) is 6.07 Å². The monoisotopic (exact) mass is 364 g/mol. The summed E-state index contributed by atoms with van der Waals surface area (Å²) in [6.07, 6.45) is 1.17. The molecule has 1 atom stereocenters. The van der Waals surface area contributed by atoms with Gasteiger partial charge in [-0.05, 0) is 56.9 Å². The third-order valence-electron chi connectivity index (χ3n) is 5.47. The summed E-state index contributed by atoms with van der Waals surface area (Å²) in [5, 5.41) is 7.99. The molecule has 2 aromatic heterocycles. The van der Waals surface area contributed by atoms with Crippen molar-refractivity contribution >= 4 is 27.6 Å². The number of fused-ring (bicyclic) bond motifs is 2. The molecule has 2 N–H and O–H groups in total. The van der Waals surface area contributed by atoms with Gasteiger partial charge >= 0.3 is 0 Å². The fraction of sp³-hybridized carbons (Fsp3) is 0.300. The second-order valence-electron chi connectivity index (χ2n) is 7.40. The maximum Gasteiger partial charge on any atom is 0.159 e. The molecular weight excluding hydrogens is 343 g/mol. The van der Waals surface area contributed by atoms with Crippen LogP contribution in [0.15, 0.2) is 36.4 Å². The topological polar surface area (TPSA) is 63.8 Å². The van der Waals surface area contributed by atoms with Gasteiger partial charge in [0.25, 0.3) is 0 Å². The molecule has 3 heterocycles. The quantitative estimate of drug-likeness (QED) is 0.585. The summed E-state index contributed by atoms with van der Waals surface area (Å²) in [5.74, 6) is 0.361. The van der Waals surface area contributed by atoms with Gasteiger partial charge in [0.15, 0.2) is 5.82 Å². The number of likely N-dealkylation sites (N-methyl/N-ethyl adjacent to an activating group) is 1. The first-order chi connectivity index (χ1) is 13.1. The standard InChI is InChI=1S/C20H21FN6/c1-26(2)14-7-8-27(11-14)13-4-6-17-18(10-13)23-20(22-17)19-15-9-12(21)3-5-16(15)24-25-19/h3-6,9-10,14H,7-8,11H2,1-2H3,(H,22,23)(H,24,25). The van der Waals surface area contributed by atoms with Gasteiger partial charge in [-0.25, -0.2) is 9.37 Å². The number of halogens is 1. The Hall–Kier alpha value is -2.93. The summed E-state index contributed by atoms with van der Waals surface area (Å²) in [4.78, 5) is 12.7. The van der Waals surface area contributed by atoms with Crippen molar-refractivity contribution in [3.63, 3.8) is 0 Å². The number of hydrogen-bond donors (Lipinski definition) is 2. The molecular formula is C20H21FN6. The zero-order valence-electron chi connectivity index (χ0n) is 15.3. The summed E-state index contributed by atoms with van der Waals surface area (Å²) in [5.41, 5.74) is 4.46. The minimum atomic E-state index is -0.284. The highest BCUT2D eigenvalue weighted by Crippen LogP contribution is 2.29. The number of nitrogens with zero attached hydrogens (tertiary/aromatic N) is 4. The van der Waals surface area contributed by atoms with E-state index < -0.39 is 0 Å². The van der Waals surface area contributed by atoms with E-state index in [4.69, 9.17) is 0 Å². The van der Waals surface area contributed by atoms with Gasteiger partial charge in [0.05, 0.1) is 16.6 Å². The Labute approximate surface area is 156 Å². The normalized spacial score (nSPS) is 17.6. The highest BCUT2D eigenvalue weighted by Gasteiger charge is 2.24. The van der Waals surface area contributed by atoms with Crippen LogP contribution in [0, 0.1) is 5.82 Å². The van der Waals surface area contributed by atoms with Crippen molar-refractivity contribution in [1.29, 1.82) is 0 Å². The SMILES string of the molecule is CN(C)C1CCN(c2ccc3nc(-c4n[nH]c5ccc(F)cc45)[nH]c3c2)C1. The Morgan fingerprint density at radius 3 is 2.85 bits per heavy atom. The van der Waals surface area contributed by atoms with Crippen LogP contribution in [0.1, 0.15) is 6.42 Å². The van der Waals surface area contributed by atoms with Crippen molar-refractivity contribution in [2.75, 3.05) is 32.1 Å². The maximum atomic E-state index is 13.6. The predicted molar refractivity (Wildman–Crippen MR) is 105 cm³/mol. The summed E-state index contributed by atoms with van der Waals surface area (Å²) < 4.78 is 13.6. The Balaban J connectivity index is 1.51. The van der Waals surface area contributed by atoms with Gasteiger partial charge in [-0.1, -0.05) is 0 Å². The number of benzene rings is 2. The second-order valence-corrected chi connectivity index (χ2v) is 7.40. The summed E-state index contributed by atoms with van der Waals surface area (Å²) >= 11 is 0. The van der Waals surface area contributed by atoms with Gasteiger partial charge < -0.3 is 14.8 Å². The van der Waals surface area contributed by atoms with Gasteiger partial charge in [-0.2, -0.15) is 5.10 Å². The van der Waals surface area contributed by atoms with Crippen LogP contribution >= 0.6 is 0 Å². The Bertz CT molecular complexity index is 1130. The van der Waals surface area contributed by atoms with Crippen LogP contribution in [0.25, 0.3) is 33.5 Å². The molecule has 1 aliphatic heterocycles. The van der Waals surface area contributed by atoms with Gasteiger partial charge in [0.1, 0.15) is 11.5 Å². The highest BCUT2D eigenvalue weighted by atomic mass is 19.1. The molecule has 0 amide bonds. The Morgan fingerprint density at radius 1 is 1.15 bits per heavy atom. The van der Waals surface area contributed by atoms with Gasteiger partial charge in [-0.15, -0.1) is 0 Å². The molecule has 1 fully saturated rings. The zero-order chi connectivity index (χ0) is 18.5. The first-order valence-corrected chi connectivity index (χ1v) is 9.13. The van der Waals surface area contributed by atoms with Crippen molar-refractivity contribution in [3.8, 4) is 11.5 Å². The van der Waals surface area contributed by atoms with Crippen LogP contribution in [0.3, 0.4) is 0 Å². The zero-order valence-corrected chi connectivity index (χ0v) is 15.3. The van der Waals surface area contributed by atoms with E-state index in [1.165, 1.54) is 24.2 Å². The van der Waals surface area contributed by atoms with E-state index in [-0.39, 0.29) is 5.82 Å². The number of aromatic nitrogens is 4. The van der Waals surface area contributed by atoms with Crippen LogP contribution in [-0.2, 0) is 0 Å². The fourth-order valence-corrected chi connectivity index (χ4v) is 3.87. The van der Waals surface area contributed by atoms with E-state index in [2.05, 4.69) is 56.2 Å². The van der Waals surface area contributed by atoms with Crippen molar-refractivity contribution in [1.82, 2.24) is 25.1 Å². The first kappa shape index (κ1) is 16.3. The minimum absolute atomic E-state index is 0.284. The number of aromatic amines is 2. The summed E-state index contributed by atoms with van der Waals surface area (Å²) in [6.45, 7) is 2.08. The number of H-pyrrole nitrogens is 2. The molecule has 0 bridgehead atoms. The number of nitrogens with one attached hydrogen (secondary N) is 2. The van der Waals surface area contributed by atoms with E-state index >= 15 is 0 Å². The smallest absolute Gasteiger partial charge is 0.159 e. The fourth-order valence-electron chi connectivity index (χ4n) is 3.87. The lowest BCUT2D eigenvalue weighted by Gasteiger charge is -2.21. The lowest BCUT2D eigenvalue weighted by molar-refractivity contribution is 0.315. The van der Waals surface area contributed by atoms with Crippen LogP contribution in [0.2, 0.25) is 0 Å². The van der Waals surface area contributed by atoms with E-state index in [9.17, 15) is 4.39 Å². The second kappa shape index (κ2) is 6.06. The van der Waals surface area contributed by atoms with Gasteiger partial charge in [0.2, 0.25) is 0 Å². The number of anilines is 1. The molecule has 27 heavy (non-hydrogen) atoms. The van der Waals surface area contributed by atoms with Crippen molar-refractivity contribution < 1.29 is 4.39 Å². The highest BCUT2D eigenvalue weighted by molar-refractivity contribution is 5.93. The lowest BCUT2D eigenvalue weighted by atomic mass is 10.2. The molecule has 5 rings (SSSR count). The summed E-state index contributed by atoms with van der Waals surface area (Å²) in [6, 6.07) is 11.5. The van der Waals surface area contributed by atoms with Crippen molar-refractivity contribution in [3.05, 3.63) is 42.2 Å². The van der Waals surface area contributed by atoms with Crippen LogP contribution in [-0.4, -0.2) is 58.3 Å². The maximum absolute atomic E-state index is 13.6. The largest absolute Gasteiger partial charge is 0.370 e. The lowest BCUT2D eigenvalue weighted by Crippen LogP contribution is -2.31. The average Bonchev–Trinajstić information content (AvgIpc) is 3.37. The predicted octanol–water partition coefficient (Wildman–Crippen LogP) is 3.39. The number of rotatable bonds is 3. The molecule has 6 nitrogen and oxygen atoms in total. The van der Waals surface area contributed by atoms with E-state index in [0.717, 1.165) is 35.0 Å². The van der Waals surface area contributed by atoms with Crippen molar-refractivity contribution in [2.45, 2.75) is 12.5 Å². The van der Waals surface area contributed by atoms with E-state index in [0.29, 0.717) is 17.6 Å². The first-order valence-electron chi connectivity index (χ1n) is 9.13. The third-order valence-corrected chi connectivity index (χ3v) is 5.47. The van der Waals surface area contributed by atoms with Gasteiger partial charge in [0, 0.05) is 30.2 Å². The van der Waals surface area contributed by atoms with Crippen LogP contribution in [0.5, 0.6) is 0 Å². The van der Waals surface area contributed by atoms with Crippen molar-refractivity contribution in [2.24, 2.45) is 0 Å². The van der Waals surface area contributed by atoms with Crippen LogP contribution in [0.4, 0.5) is 10.1 Å². The molecule has 1 aliphatic rings. The number of imidazole rings is 1. The Kier molecular flexibility index (Phi) is 3.65. The molecule has 0 radical (unpaired) electrons. The average molecular weight is 364 g/mol. The molecule has 2 aromatic carbocycles. The van der Waals surface area contributed by atoms with Crippen LogP contribution < -0.4 is 4.90 Å². The molecule has 0 spiro atoms.